The maximum absolute atomic E-state index is 12.7. The summed E-state index contributed by atoms with van der Waals surface area (Å²) in [5.74, 6) is 0. The SMILES string of the molecule is CCCCCC[C@H](CNS(=O)(=O)c1ccc(C)cc1)[S+](C)c1ccc(C)cc1.F[B-](F)(F)F. The molecule has 33 heavy (non-hydrogen) atoms. The van der Waals surface area contributed by atoms with Crippen LogP contribution in [0, 0.1) is 13.8 Å². The van der Waals surface area contributed by atoms with Gasteiger partial charge in [0.2, 0.25) is 10.0 Å². The van der Waals surface area contributed by atoms with E-state index < -0.39 is 17.3 Å². The number of halogens is 4. The van der Waals surface area contributed by atoms with Crippen LogP contribution < -0.4 is 4.72 Å². The number of benzene rings is 2. The summed E-state index contributed by atoms with van der Waals surface area (Å²) < 4.78 is 67.3. The van der Waals surface area contributed by atoms with Gasteiger partial charge in [0.1, 0.15) is 11.5 Å². The monoisotopic (exact) mass is 507 g/mol. The average molecular weight is 507 g/mol. The molecule has 0 aliphatic heterocycles. The van der Waals surface area contributed by atoms with Crippen LogP contribution in [-0.2, 0) is 20.9 Å². The fraction of sp³-hybridized carbons (Fsp3) is 0.478. The zero-order valence-electron chi connectivity index (χ0n) is 19.7. The van der Waals surface area contributed by atoms with Crippen molar-refractivity contribution in [3.8, 4) is 0 Å². The van der Waals surface area contributed by atoms with Gasteiger partial charge in [-0.05, 0) is 51.0 Å². The van der Waals surface area contributed by atoms with E-state index in [1.807, 2.05) is 19.1 Å². The van der Waals surface area contributed by atoms with Gasteiger partial charge in [0.05, 0.1) is 11.4 Å². The van der Waals surface area contributed by atoms with Crippen LogP contribution in [0.3, 0.4) is 0 Å². The molecule has 0 aromatic heterocycles. The van der Waals surface area contributed by atoms with Crippen molar-refractivity contribution < 1.29 is 25.7 Å². The van der Waals surface area contributed by atoms with E-state index in [1.165, 1.54) is 29.7 Å². The molecule has 10 heteroatoms. The van der Waals surface area contributed by atoms with Gasteiger partial charge in [-0.1, -0.05) is 61.6 Å². The van der Waals surface area contributed by atoms with Crippen molar-refractivity contribution in [2.45, 2.75) is 67.9 Å². The van der Waals surface area contributed by atoms with E-state index in [0.717, 1.165) is 18.4 Å². The van der Waals surface area contributed by atoms with E-state index >= 15 is 0 Å². The van der Waals surface area contributed by atoms with Crippen LogP contribution in [0.4, 0.5) is 17.3 Å². The molecule has 3 nitrogen and oxygen atoms in total. The maximum atomic E-state index is 12.7. The Morgan fingerprint density at radius 2 is 1.36 bits per heavy atom. The molecule has 1 unspecified atom stereocenters. The molecule has 2 aromatic rings. The van der Waals surface area contributed by atoms with Gasteiger partial charge < -0.3 is 17.3 Å². The zero-order chi connectivity index (χ0) is 25.1. The molecular formula is C23H34BF4NO2S2. The Hall–Kier alpha value is -1.52. The third-order valence-electron chi connectivity index (χ3n) is 5.10. The van der Waals surface area contributed by atoms with Gasteiger partial charge in [-0.25, -0.2) is 13.1 Å². The molecule has 0 bridgehead atoms. The van der Waals surface area contributed by atoms with E-state index in [2.05, 4.69) is 49.1 Å². The highest BCUT2D eigenvalue weighted by Gasteiger charge is 2.29. The highest BCUT2D eigenvalue weighted by atomic mass is 32.2. The van der Waals surface area contributed by atoms with Crippen molar-refractivity contribution in [3.05, 3.63) is 59.7 Å². The number of hydrogen-bond donors (Lipinski definition) is 1. The summed E-state index contributed by atoms with van der Waals surface area (Å²) >= 11 is 0. The fourth-order valence-electron chi connectivity index (χ4n) is 3.15. The molecule has 1 N–H and O–H groups in total. The first-order chi connectivity index (χ1) is 15.3. The first-order valence-electron chi connectivity index (χ1n) is 11.0. The number of sulfonamides is 1. The predicted molar refractivity (Wildman–Crippen MR) is 132 cm³/mol. The Labute approximate surface area is 198 Å². The smallest absolute Gasteiger partial charge is 0.418 e. The van der Waals surface area contributed by atoms with Crippen LogP contribution in [0.15, 0.2) is 58.3 Å². The number of hydrogen-bond acceptors (Lipinski definition) is 2. The van der Waals surface area contributed by atoms with Crippen LogP contribution in [0.25, 0.3) is 0 Å². The summed E-state index contributed by atoms with van der Waals surface area (Å²) in [7, 11) is -9.48. The Bertz CT molecular complexity index is 915. The minimum atomic E-state index is -6.00. The van der Waals surface area contributed by atoms with Crippen molar-refractivity contribution in [3.63, 3.8) is 0 Å². The predicted octanol–water partition coefficient (Wildman–Crippen LogP) is 6.53. The van der Waals surface area contributed by atoms with Crippen LogP contribution in [0.2, 0.25) is 0 Å². The maximum Gasteiger partial charge on any atom is 0.673 e. The van der Waals surface area contributed by atoms with Gasteiger partial charge >= 0.3 is 7.25 Å². The van der Waals surface area contributed by atoms with Crippen molar-refractivity contribution in [1.82, 2.24) is 4.72 Å². The molecule has 0 saturated carbocycles. The highest BCUT2D eigenvalue weighted by molar-refractivity contribution is 7.97. The van der Waals surface area contributed by atoms with Gasteiger partial charge in [-0.2, -0.15) is 0 Å². The molecule has 186 valence electrons. The molecule has 2 atom stereocenters. The van der Waals surface area contributed by atoms with Gasteiger partial charge in [0, 0.05) is 10.9 Å². The third kappa shape index (κ3) is 12.5. The van der Waals surface area contributed by atoms with Gasteiger partial charge in [0.25, 0.3) is 0 Å². The minimum absolute atomic E-state index is 0.00658. The fourth-order valence-corrected chi connectivity index (χ4v) is 6.14. The summed E-state index contributed by atoms with van der Waals surface area (Å²) in [6.07, 6.45) is 8.10. The molecule has 0 aliphatic rings. The number of rotatable bonds is 11. The van der Waals surface area contributed by atoms with Crippen LogP contribution in [0.1, 0.15) is 50.2 Å². The second-order valence-electron chi connectivity index (χ2n) is 8.00. The Morgan fingerprint density at radius 3 is 1.85 bits per heavy atom. The van der Waals surface area contributed by atoms with Gasteiger partial charge in [0.15, 0.2) is 4.90 Å². The van der Waals surface area contributed by atoms with E-state index in [-0.39, 0.29) is 10.9 Å². The van der Waals surface area contributed by atoms with Crippen molar-refractivity contribution >= 4 is 28.2 Å². The molecule has 0 radical (unpaired) electrons. The molecule has 0 saturated heterocycles. The molecule has 2 rings (SSSR count). The lowest BCUT2D eigenvalue weighted by Crippen LogP contribution is -2.36. The molecule has 0 heterocycles. The van der Waals surface area contributed by atoms with Crippen molar-refractivity contribution in [1.29, 1.82) is 0 Å². The molecule has 0 fully saturated rings. The zero-order valence-corrected chi connectivity index (χ0v) is 21.3. The molecule has 0 amide bonds. The Morgan fingerprint density at radius 1 is 0.879 bits per heavy atom. The normalized spacial score (nSPS) is 13.7. The second-order valence-corrected chi connectivity index (χ2v) is 12.0. The Kier molecular flexibility index (Phi) is 12.5. The second kappa shape index (κ2) is 14.0. The summed E-state index contributed by atoms with van der Waals surface area (Å²) in [5, 5.41) is 0.305. The largest absolute Gasteiger partial charge is 0.673 e. The summed E-state index contributed by atoms with van der Waals surface area (Å²) in [4.78, 5) is 1.65. The quantitative estimate of drug-likeness (QED) is 0.163. The van der Waals surface area contributed by atoms with E-state index in [4.69, 9.17) is 0 Å². The molecule has 0 spiro atoms. The number of unbranched alkanes of at least 4 members (excludes halogenated alkanes) is 3. The molecule has 2 aromatic carbocycles. The lowest BCUT2D eigenvalue weighted by atomic mass is 10.1. The lowest BCUT2D eigenvalue weighted by Gasteiger charge is -2.17. The van der Waals surface area contributed by atoms with E-state index in [1.54, 1.807) is 12.1 Å². The summed E-state index contributed by atoms with van der Waals surface area (Å²) in [6, 6.07) is 15.7. The third-order valence-corrected chi connectivity index (χ3v) is 8.96. The topological polar surface area (TPSA) is 46.2 Å². The molecule has 0 aliphatic carbocycles. The van der Waals surface area contributed by atoms with E-state index in [9.17, 15) is 25.7 Å². The van der Waals surface area contributed by atoms with Gasteiger partial charge in [-0.3, -0.25) is 0 Å². The summed E-state index contributed by atoms with van der Waals surface area (Å²) in [6.45, 7) is 6.75. The van der Waals surface area contributed by atoms with Crippen molar-refractivity contribution in [2.75, 3.05) is 12.8 Å². The van der Waals surface area contributed by atoms with Crippen LogP contribution in [0.5, 0.6) is 0 Å². The number of nitrogens with one attached hydrogen (secondary N) is 1. The van der Waals surface area contributed by atoms with Gasteiger partial charge in [-0.15, -0.1) is 0 Å². The first kappa shape index (κ1) is 29.5. The molecular weight excluding hydrogens is 473 g/mol. The van der Waals surface area contributed by atoms with Crippen LogP contribution >= 0.6 is 0 Å². The lowest BCUT2D eigenvalue weighted by molar-refractivity contribution is 0.368. The first-order valence-corrected chi connectivity index (χ1v) is 14.2. The summed E-state index contributed by atoms with van der Waals surface area (Å²) in [5.41, 5.74) is 2.31. The Balaban J connectivity index is 0.000000981. The standard InChI is InChI=1S/C23H34NO2S2.BF4/c1-5-6-7-8-9-22(27(4)21-14-10-19(2)11-15-21)18-24-28(25,26)23-16-12-20(3)13-17-23;2-1(3,4)5/h10-17,22,24H,5-9,18H2,1-4H3;/q+1;-1/t22-,27?;/m1./s1. The number of aryl methyl sites for hydroxylation is 2. The average Bonchev–Trinajstić information content (AvgIpc) is 2.72. The highest BCUT2D eigenvalue weighted by Crippen LogP contribution is 2.22. The minimum Gasteiger partial charge on any atom is -0.418 e. The van der Waals surface area contributed by atoms with Crippen LogP contribution in [-0.4, -0.2) is 33.7 Å². The van der Waals surface area contributed by atoms with E-state index in [0.29, 0.717) is 16.7 Å². The van der Waals surface area contributed by atoms with Crippen molar-refractivity contribution in [2.24, 2.45) is 0 Å².